The number of carbonyl (C=O) groups excluding carboxylic acids is 1. The molecule has 19 heavy (non-hydrogen) atoms. The molecule has 2 aromatic rings. The van der Waals surface area contributed by atoms with Gasteiger partial charge in [-0.25, -0.2) is 14.8 Å². The fourth-order valence-electron chi connectivity index (χ4n) is 1.50. The Bertz CT molecular complexity index is 600. The summed E-state index contributed by atoms with van der Waals surface area (Å²) in [6.07, 6.45) is 3.48. The van der Waals surface area contributed by atoms with Gasteiger partial charge in [0.1, 0.15) is 10.7 Å². The molecule has 7 nitrogen and oxygen atoms in total. The molecule has 0 saturated carbocycles. The third-order valence-corrected chi connectivity index (χ3v) is 3.58. The second kappa shape index (κ2) is 5.19. The van der Waals surface area contributed by atoms with Crippen LogP contribution in [0.4, 0.5) is 5.13 Å². The van der Waals surface area contributed by atoms with Crippen LogP contribution in [-0.4, -0.2) is 31.4 Å². The normalized spacial score (nSPS) is 10.4. The van der Waals surface area contributed by atoms with Crippen molar-refractivity contribution in [2.75, 3.05) is 5.32 Å². The summed E-state index contributed by atoms with van der Waals surface area (Å²) >= 11 is 1.03. The molecule has 0 saturated heterocycles. The van der Waals surface area contributed by atoms with E-state index in [2.05, 4.69) is 15.3 Å². The second-order valence-corrected chi connectivity index (χ2v) is 4.87. The van der Waals surface area contributed by atoms with Gasteiger partial charge in [0.05, 0.1) is 6.54 Å². The van der Waals surface area contributed by atoms with Crippen molar-refractivity contribution in [1.82, 2.24) is 14.5 Å². The van der Waals surface area contributed by atoms with Crippen LogP contribution in [-0.2, 0) is 13.6 Å². The molecule has 0 fully saturated rings. The van der Waals surface area contributed by atoms with Gasteiger partial charge in [-0.1, -0.05) is 11.3 Å². The number of imidazole rings is 1. The van der Waals surface area contributed by atoms with Gasteiger partial charge in [-0.2, -0.15) is 0 Å². The summed E-state index contributed by atoms with van der Waals surface area (Å²) in [5.74, 6) is -0.720. The number of hydrogen-bond acceptors (Lipinski definition) is 6. The standard InChI is InChI=1S/C11H12N4O3S/c1-6(16)9-8(10(17)18)14-11(19-9)13-5-7-12-3-4-15(7)2/h3-4H,5H2,1-2H3,(H,13,14)(H,17,18). The Kier molecular flexibility index (Phi) is 3.61. The highest BCUT2D eigenvalue weighted by Crippen LogP contribution is 2.24. The number of rotatable bonds is 5. The van der Waals surface area contributed by atoms with Crippen molar-refractivity contribution in [3.63, 3.8) is 0 Å². The monoisotopic (exact) mass is 280 g/mol. The number of Topliss-reactive ketones (excluding diaryl/α,β-unsaturated/α-hetero) is 1. The first kappa shape index (κ1) is 13.2. The van der Waals surface area contributed by atoms with E-state index in [1.807, 2.05) is 17.8 Å². The van der Waals surface area contributed by atoms with Crippen LogP contribution in [0.3, 0.4) is 0 Å². The predicted molar refractivity (Wildman–Crippen MR) is 69.6 cm³/mol. The number of aryl methyl sites for hydroxylation is 1. The molecular weight excluding hydrogens is 268 g/mol. The summed E-state index contributed by atoms with van der Waals surface area (Å²) in [4.78, 5) is 30.5. The number of thiazole rings is 1. The molecule has 0 aliphatic heterocycles. The largest absolute Gasteiger partial charge is 0.476 e. The van der Waals surface area contributed by atoms with E-state index in [-0.39, 0.29) is 16.4 Å². The molecule has 0 bridgehead atoms. The summed E-state index contributed by atoms with van der Waals surface area (Å²) < 4.78 is 1.84. The van der Waals surface area contributed by atoms with Crippen LogP contribution >= 0.6 is 11.3 Å². The number of carboxylic acids is 1. The molecule has 0 radical (unpaired) electrons. The van der Waals surface area contributed by atoms with E-state index in [0.29, 0.717) is 11.7 Å². The zero-order chi connectivity index (χ0) is 14.0. The van der Waals surface area contributed by atoms with Crippen molar-refractivity contribution in [3.8, 4) is 0 Å². The van der Waals surface area contributed by atoms with Gasteiger partial charge in [0.25, 0.3) is 0 Å². The van der Waals surface area contributed by atoms with E-state index in [1.165, 1.54) is 6.92 Å². The van der Waals surface area contributed by atoms with Crippen LogP contribution in [0.5, 0.6) is 0 Å². The van der Waals surface area contributed by atoms with E-state index >= 15 is 0 Å². The number of nitrogens with one attached hydrogen (secondary N) is 1. The first-order valence-corrected chi connectivity index (χ1v) is 6.26. The highest BCUT2D eigenvalue weighted by atomic mass is 32.1. The average Bonchev–Trinajstić information content (AvgIpc) is 2.92. The Morgan fingerprint density at radius 1 is 1.53 bits per heavy atom. The lowest BCUT2D eigenvalue weighted by molar-refractivity contribution is 0.0687. The SMILES string of the molecule is CC(=O)c1sc(NCc2nccn2C)nc1C(=O)O. The number of aromatic nitrogens is 3. The van der Waals surface area contributed by atoms with Crippen molar-refractivity contribution >= 4 is 28.2 Å². The Balaban J connectivity index is 2.18. The first-order valence-electron chi connectivity index (χ1n) is 5.44. The Labute approximate surface area is 112 Å². The van der Waals surface area contributed by atoms with E-state index in [9.17, 15) is 9.59 Å². The van der Waals surface area contributed by atoms with Crippen molar-refractivity contribution < 1.29 is 14.7 Å². The van der Waals surface area contributed by atoms with Crippen molar-refractivity contribution in [1.29, 1.82) is 0 Å². The lowest BCUT2D eigenvalue weighted by Gasteiger charge is -2.02. The summed E-state index contributed by atoms with van der Waals surface area (Å²) in [5.41, 5.74) is -0.208. The molecule has 2 rings (SSSR count). The molecule has 8 heteroatoms. The zero-order valence-corrected chi connectivity index (χ0v) is 11.2. The third kappa shape index (κ3) is 2.79. The van der Waals surface area contributed by atoms with Gasteiger partial charge in [-0.05, 0) is 0 Å². The molecule has 2 aromatic heterocycles. The van der Waals surface area contributed by atoms with E-state index in [1.54, 1.807) is 6.20 Å². The summed E-state index contributed by atoms with van der Waals surface area (Å²) in [6, 6.07) is 0. The Hall–Kier alpha value is -2.22. The highest BCUT2D eigenvalue weighted by molar-refractivity contribution is 7.17. The summed E-state index contributed by atoms with van der Waals surface area (Å²) in [5, 5.41) is 12.3. The van der Waals surface area contributed by atoms with Crippen LogP contribution in [0, 0.1) is 0 Å². The minimum Gasteiger partial charge on any atom is -0.476 e. The second-order valence-electron chi connectivity index (χ2n) is 3.87. The Morgan fingerprint density at radius 2 is 2.26 bits per heavy atom. The van der Waals surface area contributed by atoms with Crippen molar-refractivity contribution in [2.45, 2.75) is 13.5 Å². The lowest BCUT2D eigenvalue weighted by Crippen LogP contribution is -2.06. The smallest absolute Gasteiger partial charge is 0.356 e. The maximum Gasteiger partial charge on any atom is 0.356 e. The molecule has 0 spiro atoms. The van der Waals surface area contributed by atoms with E-state index < -0.39 is 5.97 Å². The van der Waals surface area contributed by atoms with E-state index in [0.717, 1.165) is 17.2 Å². The highest BCUT2D eigenvalue weighted by Gasteiger charge is 2.20. The minimum atomic E-state index is -1.20. The van der Waals surface area contributed by atoms with E-state index in [4.69, 9.17) is 5.11 Å². The first-order chi connectivity index (χ1) is 8.99. The molecule has 2 N–H and O–H groups in total. The molecule has 0 aliphatic carbocycles. The molecule has 0 aromatic carbocycles. The van der Waals surface area contributed by atoms with Gasteiger partial charge in [0.15, 0.2) is 16.6 Å². The fraction of sp³-hybridized carbons (Fsp3) is 0.273. The maximum absolute atomic E-state index is 11.3. The van der Waals surface area contributed by atoms with Gasteiger partial charge in [-0.15, -0.1) is 0 Å². The topological polar surface area (TPSA) is 97.1 Å². The number of carbonyl (C=O) groups is 2. The number of anilines is 1. The lowest BCUT2D eigenvalue weighted by atomic mass is 10.3. The molecule has 0 atom stereocenters. The minimum absolute atomic E-state index is 0.148. The predicted octanol–water partition coefficient (Wildman–Crippen LogP) is 1.39. The van der Waals surface area contributed by atoms with Crippen molar-refractivity contribution in [2.24, 2.45) is 7.05 Å². The third-order valence-electron chi connectivity index (χ3n) is 2.47. The number of carboxylic acid groups (broad SMARTS) is 1. The molecule has 0 amide bonds. The number of hydrogen-bond donors (Lipinski definition) is 2. The van der Waals surface area contributed by atoms with Gasteiger partial charge in [0, 0.05) is 26.4 Å². The average molecular weight is 280 g/mol. The Morgan fingerprint density at radius 3 is 2.74 bits per heavy atom. The van der Waals surface area contributed by atoms with Crippen LogP contribution < -0.4 is 5.32 Å². The number of aromatic carboxylic acids is 1. The van der Waals surface area contributed by atoms with Crippen LogP contribution in [0.1, 0.15) is 32.9 Å². The number of ketones is 1. The van der Waals surface area contributed by atoms with Gasteiger partial charge in [-0.3, -0.25) is 4.79 Å². The summed E-state index contributed by atoms with van der Waals surface area (Å²) in [7, 11) is 1.86. The van der Waals surface area contributed by atoms with Gasteiger partial charge in [0.2, 0.25) is 0 Å². The molecule has 0 unspecified atom stereocenters. The molecular formula is C11H12N4O3S. The van der Waals surface area contributed by atoms with Gasteiger partial charge >= 0.3 is 5.97 Å². The quantitative estimate of drug-likeness (QED) is 0.803. The summed E-state index contributed by atoms with van der Waals surface area (Å²) in [6.45, 7) is 1.73. The van der Waals surface area contributed by atoms with Crippen LogP contribution in [0.25, 0.3) is 0 Å². The van der Waals surface area contributed by atoms with Crippen LogP contribution in [0.2, 0.25) is 0 Å². The van der Waals surface area contributed by atoms with Gasteiger partial charge < -0.3 is 15.0 Å². The molecule has 0 aliphatic rings. The maximum atomic E-state index is 11.3. The number of nitrogens with zero attached hydrogens (tertiary/aromatic N) is 3. The fourth-order valence-corrected chi connectivity index (χ4v) is 2.35. The molecule has 100 valence electrons. The van der Waals surface area contributed by atoms with Crippen molar-refractivity contribution in [3.05, 3.63) is 28.8 Å². The molecule has 2 heterocycles. The van der Waals surface area contributed by atoms with Crippen LogP contribution in [0.15, 0.2) is 12.4 Å². The zero-order valence-electron chi connectivity index (χ0n) is 10.4.